The first-order chi connectivity index (χ1) is 9.04. The van der Waals surface area contributed by atoms with Crippen LogP contribution in [-0.4, -0.2) is 30.8 Å². The van der Waals surface area contributed by atoms with Crippen LogP contribution in [-0.2, 0) is 7.05 Å². The number of nitrogens with one attached hydrogen (secondary N) is 2. The standard InChI is InChI=1S/C12H10N4O3/c1-16-10(5-9(15-16)11(17)18)6-2-3-7-8(4-6)14-12(19)13-7/h2-5H,1H3,(H,17,18)(H2,13,14,19). The summed E-state index contributed by atoms with van der Waals surface area (Å²) in [4.78, 5) is 27.4. The zero-order valence-corrected chi connectivity index (χ0v) is 9.97. The maximum absolute atomic E-state index is 11.2. The maximum atomic E-state index is 11.2. The summed E-state index contributed by atoms with van der Waals surface area (Å²) in [6.45, 7) is 0. The van der Waals surface area contributed by atoms with Crippen LogP contribution < -0.4 is 5.69 Å². The molecule has 19 heavy (non-hydrogen) atoms. The molecule has 0 fully saturated rings. The van der Waals surface area contributed by atoms with Crippen LogP contribution in [0, 0.1) is 0 Å². The first kappa shape index (κ1) is 11.3. The number of rotatable bonds is 2. The number of aromatic nitrogens is 4. The van der Waals surface area contributed by atoms with Crippen LogP contribution in [0.5, 0.6) is 0 Å². The van der Waals surface area contributed by atoms with Crippen molar-refractivity contribution in [1.29, 1.82) is 0 Å². The Morgan fingerprint density at radius 2 is 2.00 bits per heavy atom. The van der Waals surface area contributed by atoms with Crippen molar-refractivity contribution in [2.45, 2.75) is 0 Å². The molecule has 2 aromatic heterocycles. The summed E-state index contributed by atoms with van der Waals surface area (Å²) in [6.07, 6.45) is 0. The third kappa shape index (κ3) is 1.81. The molecule has 0 aliphatic heterocycles. The number of imidazole rings is 1. The van der Waals surface area contributed by atoms with Crippen LogP contribution >= 0.6 is 0 Å². The van der Waals surface area contributed by atoms with Crippen LogP contribution in [0.2, 0.25) is 0 Å². The second kappa shape index (κ2) is 3.84. The molecule has 3 aromatic rings. The molecule has 0 bridgehead atoms. The van der Waals surface area contributed by atoms with Gasteiger partial charge in [-0.3, -0.25) is 4.68 Å². The van der Waals surface area contributed by atoms with Crippen molar-refractivity contribution in [3.63, 3.8) is 0 Å². The SMILES string of the molecule is Cn1nc(C(=O)O)cc1-c1ccc2[nH]c(=O)[nH]c2c1. The minimum atomic E-state index is -1.07. The number of hydrogen-bond donors (Lipinski definition) is 3. The number of hydrogen-bond acceptors (Lipinski definition) is 3. The van der Waals surface area contributed by atoms with Crippen molar-refractivity contribution in [2.24, 2.45) is 7.05 Å². The molecule has 0 atom stereocenters. The van der Waals surface area contributed by atoms with E-state index in [1.165, 1.54) is 10.7 Å². The summed E-state index contributed by atoms with van der Waals surface area (Å²) in [6, 6.07) is 6.83. The number of benzene rings is 1. The molecule has 1 aromatic carbocycles. The first-order valence-corrected chi connectivity index (χ1v) is 5.54. The normalized spacial score (nSPS) is 11.0. The monoisotopic (exact) mass is 258 g/mol. The molecule has 0 unspecified atom stereocenters. The second-order valence-electron chi connectivity index (χ2n) is 4.18. The molecule has 0 saturated heterocycles. The van der Waals surface area contributed by atoms with Gasteiger partial charge in [0, 0.05) is 12.6 Å². The van der Waals surface area contributed by atoms with Crippen LogP contribution in [0.25, 0.3) is 22.3 Å². The molecule has 7 nitrogen and oxygen atoms in total. The van der Waals surface area contributed by atoms with E-state index in [1.54, 1.807) is 25.2 Å². The highest BCUT2D eigenvalue weighted by Crippen LogP contribution is 2.22. The number of fused-ring (bicyclic) bond motifs is 1. The highest BCUT2D eigenvalue weighted by Gasteiger charge is 2.13. The molecule has 3 rings (SSSR count). The fraction of sp³-hybridized carbons (Fsp3) is 0.0833. The molecule has 0 saturated carbocycles. The Labute approximate surface area is 106 Å². The Hall–Kier alpha value is -2.83. The number of carboxylic acids is 1. The highest BCUT2D eigenvalue weighted by atomic mass is 16.4. The van der Waals surface area contributed by atoms with E-state index in [9.17, 15) is 9.59 Å². The fourth-order valence-corrected chi connectivity index (χ4v) is 2.03. The van der Waals surface area contributed by atoms with Gasteiger partial charge in [0.2, 0.25) is 0 Å². The van der Waals surface area contributed by atoms with Gasteiger partial charge >= 0.3 is 11.7 Å². The van der Waals surface area contributed by atoms with Gasteiger partial charge in [0.1, 0.15) is 0 Å². The van der Waals surface area contributed by atoms with Gasteiger partial charge in [-0.25, -0.2) is 9.59 Å². The van der Waals surface area contributed by atoms with Crippen LogP contribution in [0.1, 0.15) is 10.5 Å². The summed E-state index contributed by atoms with van der Waals surface area (Å²) >= 11 is 0. The number of H-pyrrole nitrogens is 2. The lowest BCUT2D eigenvalue weighted by molar-refractivity contribution is 0.0689. The minimum Gasteiger partial charge on any atom is -0.476 e. The molecule has 7 heteroatoms. The van der Waals surface area contributed by atoms with Gasteiger partial charge in [-0.2, -0.15) is 5.10 Å². The Morgan fingerprint density at radius 1 is 1.26 bits per heavy atom. The van der Waals surface area contributed by atoms with Crippen molar-refractivity contribution in [1.82, 2.24) is 19.7 Å². The molecule has 0 amide bonds. The van der Waals surface area contributed by atoms with E-state index in [0.717, 1.165) is 5.56 Å². The molecule has 2 heterocycles. The van der Waals surface area contributed by atoms with E-state index in [4.69, 9.17) is 5.11 Å². The lowest BCUT2D eigenvalue weighted by Gasteiger charge is -2.01. The average Bonchev–Trinajstić information content (AvgIpc) is 2.90. The molecule has 0 radical (unpaired) electrons. The van der Waals surface area contributed by atoms with Gasteiger partial charge in [-0.05, 0) is 18.2 Å². The summed E-state index contributed by atoms with van der Waals surface area (Å²) < 4.78 is 1.50. The third-order valence-corrected chi connectivity index (χ3v) is 2.91. The second-order valence-corrected chi connectivity index (χ2v) is 4.18. The Kier molecular flexibility index (Phi) is 2.28. The lowest BCUT2D eigenvalue weighted by atomic mass is 10.1. The molecule has 96 valence electrons. The van der Waals surface area contributed by atoms with E-state index in [2.05, 4.69) is 15.1 Å². The van der Waals surface area contributed by atoms with Crippen LogP contribution in [0.4, 0.5) is 0 Å². The molecule has 0 spiro atoms. The molecule has 0 aliphatic rings. The molecule has 3 N–H and O–H groups in total. The summed E-state index contributed by atoms with van der Waals surface area (Å²) in [5, 5.41) is 12.8. The van der Waals surface area contributed by atoms with Crippen LogP contribution in [0.15, 0.2) is 29.1 Å². The molecule has 0 aliphatic carbocycles. The first-order valence-electron chi connectivity index (χ1n) is 5.54. The van der Waals surface area contributed by atoms with E-state index in [-0.39, 0.29) is 11.4 Å². The maximum Gasteiger partial charge on any atom is 0.356 e. The van der Waals surface area contributed by atoms with Gasteiger partial charge in [-0.15, -0.1) is 0 Å². The van der Waals surface area contributed by atoms with Crippen molar-refractivity contribution in [3.05, 3.63) is 40.4 Å². The van der Waals surface area contributed by atoms with Gasteiger partial charge in [0.25, 0.3) is 0 Å². The molecular weight excluding hydrogens is 248 g/mol. The summed E-state index contributed by atoms with van der Waals surface area (Å²) in [7, 11) is 1.67. The summed E-state index contributed by atoms with van der Waals surface area (Å²) in [5.41, 5.74) is 2.53. The van der Waals surface area contributed by atoms with Crippen molar-refractivity contribution < 1.29 is 9.90 Å². The lowest BCUT2D eigenvalue weighted by Crippen LogP contribution is -1.99. The highest BCUT2D eigenvalue weighted by molar-refractivity contribution is 5.88. The smallest absolute Gasteiger partial charge is 0.356 e. The van der Waals surface area contributed by atoms with Gasteiger partial charge in [0.15, 0.2) is 5.69 Å². The van der Waals surface area contributed by atoms with E-state index in [1.807, 2.05) is 0 Å². The Balaban J connectivity index is 2.18. The van der Waals surface area contributed by atoms with Crippen molar-refractivity contribution in [3.8, 4) is 11.3 Å². The number of carbonyl (C=O) groups is 1. The average molecular weight is 258 g/mol. The van der Waals surface area contributed by atoms with Crippen LogP contribution in [0.3, 0.4) is 0 Å². The Morgan fingerprint density at radius 3 is 2.68 bits per heavy atom. The number of aromatic amines is 2. The third-order valence-electron chi connectivity index (χ3n) is 2.91. The van der Waals surface area contributed by atoms with Gasteiger partial charge < -0.3 is 15.1 Å². The van der Waals surface area contributed by atoms with Gasteiger partial charge in [-0.1, -0.05) is 6.07 Å². The van der Waals surface area contributed by atoms with E-state index in [0.29, 0.717) is 16.7 Å². The van der Waals surface area contributed by atoms with Crippen molar-refractivity contribution in [2.75, 3.05) is 0 Å². The number of carboxylic acid groups (broad SMARTS) is 1. The van der Waals surface area contributed by atoms with E-state index < -0.39 is 5.97 Å². The predicted octanol–water partition coefficient (Wildman–Crippen LogP) is 0.955. The topological polar surface area (TPSA) is 104 Å². The number of nitrogens with zero attached hydrogens (tertiary/aromatic N) is 2. The summed E-state index contributed by atoms with van der Waals surface area (Å²) in [5.74, 6) is -1.07. The predicted molar refractivity (Wildman–Crippen MR) is 68.1 cm³/mol. The van der Waals surface area contributed by atoms with Crippen molar-refractivity contribution >= 4 is 17.0 Å². The Bertz CT molecular complexity index is 840. The largest absolute Gasteiger partial charge is 0.476 e. The fourth-order valence-electron chi connectivity index (χ4n) is 2.03. The number of aryl methyl sites for hydroxylation is 1. The number of aromatic carboxylic acids is 1. The molecular formula is C12H10N4O3. The quantitative estimate of drug-likeness (QED) is 0.636. The zero-order valence-electron chi connectivity index (χ0n) is 9.97. The van der Waals surface area contributed by atoms with E-state index >= 15 is 0 Å². The zero-order chi connectivity index (χ0) is 13.6. The van der Waals surface area contributed by atoms with Gasteiger partial charge in [0.05, 0.1) is 16.7 Å². The minimum absolute atomic E-state index is 0.0137.